The molecule has 0 fully saturated rings. The molecule has 0 saturated heterocycles. The van der Waals surface area contributed by atoms with Crippen LogP contribution in [0.5, 0.6) is 0 Å². The smallest absolute Gasteiger partial charge is 0.317 e. The number of rotatable bonds is 6. The number of urea groups is 1. The maximum absolute atomic E-state index is 14.1. The molecule has 22 heavy (non-hydrogen) atoms. The molecule has 0 aliphatic heterocycles. The van der Waals surface area contributed by atoms with Crippen molar-refractivity contribution in [1.82, 2.24) is 19.8 Å². The van der Waals surface area contributed by atoms with E-state index in [1.54, 1.807) is 29.1 Å². The van der Waals surface area contributed by atoms with Gasteiger partial charge in [0, 0.05) is 32.0 Å². The van der Waals surface area contributed by atoms with Gasteiger partial charge >= 0.3 is 6.03 Å². The van der Waals surface area contributed by atoms with Crippen LogP contribution in [0.2, 0.25) is 0 Å². The number of carbonyl (C=O) groups excluding carboxylic acids is 1. The van der Waals surface area contributed by atoms with Gasteiger partial charge < -0.3 is 19.9 Å². The van der Waals surface area contributed by atoms with Crippen LogP contribution in [0.15, 0.2) is 36.9 Å². The van der Waals surface area contributed by atoms with E-state index >= 15 is 0 Å². The highest BCUT2D eigenvalue weighted by Crippen LogP contribution is 2.14. The normalized spacial score (nSPS) is 10.5. The summed E-state index contributed by atoms with van der Waals surface area (Å²) in [5, 5.41) is 11.6. The topological polar surface area (TPSA) is 70.4 Å². The van der Waals surface area contributed by atoms with E-state index < -0.39 is 0 Å². The van der Waals surface area contributed by atoms with Gasteiger partial charge in [-0.15, -0.1) is 0 Å². The molecule has 2 amide bonds. The van der Waals surface area contributed by atoms with Crippen molar-refractivity contribution in [3.05, 3.63) is 48.3 Å². The number of aliphatic hydroxyl groups excluding tert-OH is 1. The fourth-order valence-electron chi connectivity index (χ4n) is 2.08. The molecule has 1 aromatic carbocycles. The zero-order valence-electron chi connectivity index (χ0n) is 12.4. The number of nitrogens with one attached hydrogen (secondary N) is 1. The van der Waals surface area contributed by atoms with Crippen molar-refractivity contribution in [2.24, 2.45) is 0 Å². The summed E-state index contributed by atoms with van der Waals surface area (Å²) < 4.78 is 15.7. The van der Waals surface area contributed by atoms with E-state index in [1.165, 1.54) is 17.3 Å². The number of likely N-dealkylation sites (N-methyl/N-ethyl adjacent to an activating group) is 1. The van der Waals surface area contributed by atoms with Crippen LogP contribution in [0.25, 0.3) is 5.69 Å². The molecule has 118 valence electrons. The second-order valence-corrected chi connectivity index (χ2v) is 4.72. The van der Waals surface area contributed by atoms with E-state index in [4.69, 9.17) is 5.11 Å². The minimum absolute atomic E-state index is 0.0878. The average Bonchev–Trinajstić information content (AvgIpc) is 3.04. The van der Waals surface area contributed by atoms with Crippen LogP contribution in [-0.2, 0) is 6.54 Å². The third-order valence-electron chi connectivity index (χ3n) is 3.28. The monoisotopic (exact) mass is 306 g/mol. The van der Waals surface area contributed by atoms with Crippen molar-refractivity contribution in [3.63, 3.8) is 0 Å². The summed E-state index contributed by atoms with van der Waals surface area (Å²) in [7, 11) is 0. The van der Waals surface area contributed by atoms with Gasteiger partial charge in [-0.3, -0.25) is 0 Å². The lowest BCUT2D eigenvalue weighted by Gasteiger charge is -2.20. The molecule has 0 radical (unpaired) electrons. The molecule has 2 aromatic rings. The van der Waals surface area contributed by atoms with Crippen molar-refractivity contribution in [2.75, 3.05) is 19.7 Å². The number of hydrogen-bond donors (Lipinski definition) is 2. The Bertz CT molecular complexity index is 616. The van der Waals surface area contributed by atoms with Crippen LogP contribution in [0.4, 0.5) is 9.18 Å². The Balaban J connectivity index is 1.99. The predicted octanol–water partition coefficient (Wildman–Crippen LogP) is 1.54. The average molecular weight is 306 g/mol. The van der Waals surface area contributed by atoms with Gasteiger partial charge in [0.1, 0.15) is 5.82 Å². The summed E-state index contributed by atoms with van der Waals surface area (Å²) in [4.78, 5) is 17.2. The summed E-state index contributed by atoms with van der Waals surface area (Å²) >= 11 is 0. The van der Waals surface area contributed by atoms with Crippen LogP contribution in [-0.4, -0.2) is 45.3 Å². The maximum Gasteiger partial charge on any atom is 0.317 e. The number of aliphatic hydroxyl groups is 1. The largest absolute Gasteiger partial charge is 0.395 e. The summed E-state index contributed by atoms with van der Waals surface area (Å²) in [6, 6.07) is 4.50. The third kappa shape index (κ3) is 3.82. The molecule has 1 aromatic heterocycles. The number of halogens is 1. The van der Waals surface area contributed by atoms with Crippen molar-refractivity contribution in [1.29, 1.82) is 0 Å². The first-order chi connectivity index (χ1) is 10.7. The van der Waals surface area contributed by atoms with E-state index in [9.17, 15) is 9.18 Å². The fourth-order valence-corrected chi connectivity index (χ4v) is 2.08. The lowest BCUT2D eigenvalue weighted by molar-refractivity contribution is 0.180. The second kappa shape index (κ2) is 7.56. The van der Waals surface area contributed by atoms with Crippen LogP contribution < -0.4 is 5.32 Å². The Morgan fingerprint density at radius 3 is 2.91 bits per heavy atom. The number of aromatic nitrogens is 2. The highest BCUT2D eigenvalue weighted by Gasteiger charge is 2.11. The standard InChI is InChI=1S/C15H19FN4O2/c1-2-19(7-8-21)15(22)18-10-12-3-4-14(13(16)9-12)20-6-5-17-11-20/h3-6,9,11,21H,2,7-8,10H2,1H3,(H,18,22). The quantitative estimate of drug-likeness (QED) is 0.850. The molecule has 0 bridgehead atoms. The Morgan fingerprint density at radius 1 is 1.50 bits per heavy atom. The fraction of sp³-hybridized carbons (Fsp3) is 0.333. The van der Waals surface area contributed by atoms with E-state index in [1.807, 2.05) is 6.92 Å². The number of imidazole rings is 1. The lowest BCUT2D eigenvalue weighted by Crippen LogP contribution is -2.41. The van der Waals surface area contributed by atoms with E-state index in [2.05, 4.69) is 10.3 Å². The van der Waals surface area contributed by atoms with Gasteiger partial charge in [0.05, 0.1) is 18.6 Å². The molecule has 0 unspecified atom stereocenters. The highest BCUT2D eigenvalue weighted by atomic mass is 19.1. The molecule has 0 spiro atoms. The van der Waals surface area contributed by atoms with Crippen molar-refractivity contribution >= 4 is 6.03 Å². The summed E-state index contributed by atoms with van der Waals surface area (Å²) in [6.07, 6.45) is 4.76. The van der Waals surface area contributed by atoms with E-state index in [0.717, 1.165) is 0 Å². The minimum atomic E-state index is -0.382. The molecule has 7 heteroatoms. The Labute approximate surface area is 128 Å². The summed E-state index contributed by atoms with van der Waals surface area (Å²) in [6.45, 7) is 2.74. The minimum Gasteiger partial charge on any atom is -0.395 e. The van der Waals surface area contributed by atoms with E-state index in [-0.39, 0.29) is 31.5 Å². The van der Waals surface area contributed by atoms with Crippen molar-refractivity contribution in [3.8, 4) is 5.69 Å². The molecular formula is C15H19FN4O2. The number of nitrogens with zero attached hydrogens (tertiary/aromatic N) is 3. The summed E-state index contributed by atoms with van der Waals surface area (Å²) in [5.41, 5.74) is 1.07. The maximum atomic E-state index is 14.1. The van der Waals surface area contributed by atoms with Crippen molar-refractivity contribution in [2.45, 2.75) is 13.5 Å². The molecule has 2 N–H and O–H groups in total. The highest BCUT2D eigenvalue weighted by molar-refractivity contribution is 5.74. The van der Waals surface area contributed by atoms with Gasteiger partial charge in [-0.2, -0.15) is 0 Å². The number of hydrogen-bond acceptors (Lipinski definition) is 3. The predicted molar refractivity (Wildman–Crippen MR) is 80.1 cm³/mol. The first-order valence-electron chi connectivity index (χ1n) is 7.06. The zero-order valence-corrected chi connectivity index (χ0v) is 12.4. The van der Waals surface area contributed by atoms with Crippen LogP contribution in [0.1, 0.15) is 12.5 Å². The first-order valence-corrected chi connectivity index (χ1v) is 7.06. The van der Waals surface area contributed by atoms with Gasteiger partial charge in [-0.25, -0.2) is 14.2 Å². The van der Waals surface area contributed by atoms with Crippen LogP contribution in [0.3, 0.4) is 0 Å². The number of benzene rings is 1. The second-order valence-electron chi connectivity index (χ2n) is 4.72. The molecule has 6 nitrogen and oxygen atoms in total. The Morgan fingerprint density at radius 2 is 2.32 bits per heavy atom. The number of amides is 2. The first kappa shape index (κ1) is 16.0. The van der Waals surface area contributed by atoms with Gasteiger partial charge in [-0.1, -0.05) is 6.07 Å². The third-order valence-corrected chi connectivity index (χ3v) is 3.28. The Hall–Kier alpha value is -2.41. The molecule has 1 heterocycles. The van der Waals surface area contributed by atoms with Gasteiger partial charge in [0.2, 0.25) is 0 Å². The molecule has 0 atom stereocenters. The summed E-state index contributed by atoms with van der Waals surface area (Å²) in [5.74, 6) is -0.382. The number of carbonyl (C=O) groups is 1. The molecule has 2 rings (SSSR count). The Kier molecular flexibility index (Phi) is 5.48. The lowest BCUT2D eigenvalue weighted by atomic mass is 10.2. The van der Waals surface area contributed by atoms with Crippen LogP contribution in [0, 0.1) is 5.82 Å². The van der Waals surface area contributed by atoms with Crippen molar-refractivity contribution < 1.29 is 14.3 Å². The molecule has 0 aliphatic carbocycles. The molecular weight excluding hydrogens is 287 g/mol. The SMILES string of the molecule is CCN(CCO)C(=O)NCc1ccc(-n2ccnc2)c(F)c1. The van der Waals surface area contributed by atoms with Gasteiger partial charge in [0.25, 0.3) is 0 Å². The zero-order chi connectivity index (χ0) is 15.9. The molecule has 0 saturated carbocycles. The van der Waals surface area contributed by atoms with Gasteiger partial charge in [-0.05, 0) is 24.6 Å². The van der Waals surface area contributed by atoms with Crippen LogP contribution >= 0.6 is 0 Å². The van der Waals surface area contributed by atoms with E-state index in [0.29, 0.717) is 17.8 Å². The van der Waals surface area contributed by atoms with Gasteiger partial charge in [0.15, 0.2) is 0 Å². The molecule has 0 aliphatic rings.